The van der Waals surface area contributed by atoms with Gasteiger partial charge in [-0.15, -0.1) is 0 Å². The smallest absolute Gasteiger partial charge is 0.330 e. The molecule has 0 aliphatic heterocycles. The Kier molecular flexibility index (Phi) is 5.40. The molecule has 1 saturated carbocycles. The number of aryl methyl sites for hydroxylation is 1. The van der Waals surface area contributed by atoms with Crippen LogP contribution in [0.15, 0.2) is 24.3 Å². The zero-order chi connectivity index (χ0) is 15.3. The van der Waals surface area contributed by atoms with Gasteiger partial charge in [0.2, 0.25) is 0 Å². The van der Waals surface area contributed by atoms with E-state index >= 15 is 0 Å². The number of carbonyl (C=O) groups is 1. The van der Waals surface area contributed by atoms with E-state index < -0.39 is 5.54 Å². The van der Waals surface area contributed by atoms with Crippen LogP contribution in [0.2, 0.25) is 0 Å². The molecule has 1 aromatic carbocycles. The quantitative estimate of drug-likeness (QED) is 0.814. The number of ether oxygens (including phenoxy) is 1. The molecule has 3 heteroatoms. The summed E-state index contributed by atoms with van der Waals surface area (Å²) in [6, 6.07) is 8.71. The largest absolute Gasteiger partial charge is 0.464 e. The molecule has 1 aliphatic rings. The Balaban J connectivity index is 2.26. The van der Waals surface area contributed by atoms with E-state index in [2.05, 4.69) is 36.5 Å². The van der Waals surface area contributed by atoms with Gasteiger partial charge in [-0.3, -0.25) is 5.32 Å². The van der Waals surface area contributed by atoms with Gasteiger partial charge in [-0.05, 0) is 44.2 Å². The fourth-order valence-corrected chi connectivity index (χ4v) is 3.09. The predicted molar refractivity (Wildman–Crippen MR) is 85.2 cm³/mol. The average molecular weight is 289 g/mol. The summed E-state index contributed by atoms with van der Waals surface area (Å²) in [7, 11) is 0. The maximum Gasteiger partial charge on any atom is 0.330 e. The van der Waals surface area contributed by atoms with Crippen molar-refractivity contribution in [3.8, 4) is 0 Å². The van der Waals surface area contributed by atoms with Crippen LogP contribution in [-0.4, -0.2) is 18.6 Å². The van der Waals surface area contributed by atoms with Gasteiger partial charge in [-0.1, -0.05) is 44.0 Å². The van der Waals surface area contributed by atoms with Gasteiger partial charge >= 0.3 is 5.97 Å². The second-order valence-corrected chi connectivity index (χ2v) is 6.02. The van der Waals surface area contributed by atoms with Crippen LogP contribution in [0.5, 0.6) is 0 Å². The Labute approximate surface area is 128 Å². The third-order valence-corrected chi connectivity index (χ3v) is 4.47. The number of hydrogen-bond acceptors (Lipinski definition) is 3. The minimum Gasteiger partial charge on any atom is -0.464 e. The molecule has 0 aromatic heterocycles. The minimum absolute atomic E-state index is 0.179. The highest BCUT2D eigenvalue weighted by atomic mass is 16.5. The first-order valence-corrected chi connectivity index (χ1v) is 8.14. The summed E-state index contributed by atoms with van der Waals surface area (Å²) in [5, 5.41) is 3.56. The highest BCUT2D eigenvalue weighted by Gasteiger charge is 2.39. The first kappa shape index (κ1) is 16.0. The van der Waals surface area contributed by atoms with Gasteiger partial charge in [0.1, 0.15) is 5.54 Å². The molecule has 1 fully saturated rings. The first-order valence-electron chi connectivity index (χ1n) is 8.14. The van der Waals surface area contributed by atoms with E-state index in [0.29, 0.717) is 12.6 Å². The van der Waals surface area contributed by atoms with Crippen molar-refractivity contribution in [2.24, 2.45) is 0 Å². The van der Waals surface area contributed by atoms with Crippen molar-refractivity contribution in [2.75, 3.05) is 6.61 Å². The molecule has 1 atom stereocenters. The maximum absolute atomic E-state index is 12.5. The van der Waals surface area contributed by atoms with E-state index in [1.165, 1.54) is 18.4 Å². The van der Waals surface area contributed by atoms with Crippen molar-refractivity contribution in [2.45, 2.75) is 64.5 Å². The highest BCUT2D eigenvalue weighted by molar-refractivity contribution is 5.82. The molecule has 2 rings (SSSR count). The monoisotopic (exact) mass is 289 g/mol. The van der Waals surface area contributed by atoms with Gasteiger partial charge in [0.25, 0.3) is 0 Å². The zero-order valence-electron chi connectivity index (χ0n) is 13.4. The fourth-order valence-electron chi connectivity index (χ4n) is 3.09. The van der Waals surface area contributed by atoms with Gasteiger partial charge in [0.15, 0.2) is 0 Å². The van der Waals surface area contributed by atoms with Crippen LogP contribution in [0.1, 0.15) is 57.6 Å². The summed E-state index contributed by atoms with van der Waals surface area (Å²) in [6.45, 7) is 6.35. The Hall–Kier alpha value is -1.35. The third kappa shape index (κ3) is 3.65. The second-order valence-electron chi connectivity index (χ2n) is 6.02. The molecule has 0 saturated heterocycles. The lowest BCUT2D eigenvalue weighted by atomic mass is 9.89. The SMILES string of the molecule is CCOC(=O)C(C)(NC1CCCC1)c1ccc(CC)cc1. The molecule has 1 N–H and O–H groups in total. The highest BCUT2D eigenvalue weighted by Crippen LogP contribution is 2.28. The number of carbonyl (C=O) groups excluding carboxylic acids is 1. The van der Waals surface area contributed by atoms with Crippen LogP contribution in [0.4, 0.5) is 0 Å². The lowest BCUT2D eigenvalue weighted by Gasteiger charge is -2.32. The summed E-state index contributed by atoms with van der Waals surface area (Å²) < 4.78 is 5.33. The molecule has 0 spiro atoms. The number of benzene rings is 1. The molecule has 1 aromatic rings. The average Bonchev–Trinajstić information content (AvgIpc) is 3.00. The number of esters is 1. The molecule has 1 unspecified atom stereocenters. The van der Waals surface area contributed by atoms with Crippen molar-refractivity contribution in [3.05, 3.63) is 35.4 Å². The van der Waals surface area contributed by atoms with E-state index in [1.807, 2.05) is 13.8 Å². The van der Waals surface area contributed by atoms with Crippen LogP contribution in [0.3, 0.4) is 0 Å². The summed E-state index contributed by atoms with van der Waals surface area (Å²) in [5.41, 5.74) is 1.52. The van der Waals surface area contributed by atoms with Gasteiger partial charge in [-0.25, -0.2) is 4.79 Å². The Morgan fingerprint density at radius 2 is 1.86 bits per heavy atom. The number of rotatable bonds is 6. The van der Waals surface area contributed by atoms with E-state index in [4.69, 9.17) is 4.74 Å². The molecular weight excluding hydrogens is 262 g/mol. The van der Waals surface area contributed by atoms with Crippen molar-refractivity contribution in [1.29, 1.82) is 0 Å². The predicted octanol–water partition coefficient (Wildman–Crippen LogP) is 3.56. The van der Waals surface area contributed by atoms with Crippen molar-refractivity contribution in [3.63, 3.8) is 0 Å². The standard InChI is InChI=1S/C18H27NO2/c1-4-14-10-12-15(13-11-14)18(3,17(20)21-5-2)19-16-8-6-7-9-16/h10-13,16,19H,4-9H2,1-3H3. The van der Waals surface area contributed by atoms with Crippen LogP contribution < -0.4 is 5.32 Å². The van der Waals surface area contributed by atoms with E-state index in [0.717, 1.165) is 24.8 Å². The molecule has 21 heavy (non-hydrogen) atoms. The molecule has 0 bridgehead atoms. The van der Waals surface area contributed by atoms with Crippen molar-refractivity contribution >= 4 is 5.97 Å². The van der Waals surface area contributed by atoms with Crippen molar-refractivity contribution in [1.82, 2.24) is 5.32 Å². The summed E-state index contributed by atoms with van der Waals surface area (Å²) in [4.78, 5) is 12.5. The lowest BCUT2D eigenvalue weighted by molar-refractivity contribution is -0.151. The Morgan fingerprint density at radius 3 is 2.38 bits per heavy atom. The lowest BCUT2D eigenvalue weighted by Crippen LogP contribution is -2.51. The van der Waals surface area contributed by atoms with Crippen LogP contribution in [0, 0.1) is 0 Å². The van der Waals surface area contributed by atoms with Crippen molar-refractivity contribution < 1.29 is 9.53 Å². The fraction of sp³-hybridized carbons (Fsp3) is 0.611. The molecule has 1 aliphatic carbocycles. The van der Waals surface area contributed by atoms with Crippen LogP contribution in [0.25, 0.3) is 0 Å². The maximum atomic E-state index is 12.5. The first-order chi connectivity index (χ1) is 10.1. The molecule has 0 heterocycles. The molecule has 0 radical (unpaired) electrons. The summed E-state index contributed by atoms with van der Waals surface area (Å²) >= 11 is 0. The van der Waals surface area contributed by atoms with Crippen LogP contribution in [-0.2, 0) is 21.5 Å². The topological polar surface area (TPSA) is 38.3 Å². The summed E-state index contributed by atoms with van der Waals surface area (Å²) in [5.74, 6) is -0.179. The third-order valence-electron chi connectivity index (χ3n) is 4.47. The minimum atomic E-state index is -0.753. The van der Waals surface area contributed by atoms with Gasteiger partial charge in [0, 0.05) is 6.04 Å². The molecule has 0 amide bonds. The number of nitrogens with one attached hydrogen (secondary N) is 1. The van der Waals surface area contributed by atoms with Crippen LogP contribution >= 0.6 is 0 Å². The Morgan fingerprint density at radius 1 is 1.24 bits per heavy atom. The molecular formula is C18H27NO2. The normalized spacial score (nSPS) is 18.4. The molecule has 116 valence electrons. The van der Waals surface area contributed by atoms with E-state index in [9.17, 15) is 4.79 Å². The van der Waals surface area contributed by atoms with E-state index in [1.54, 1.807) is 0 Å². The number of hydrogen-bond donors (Lipinski definition) is 1. The Bertz CT molecular complexity index is 463. The second kappa shape index (κ2) is 7.08. The zero-order valence-corrected chi connectivity index (χ0v) is 13.4. The van der Waals surface area contributed by atoms with Gasteiger partial charge < -0.3 is 4.74 Å². The van der Waals surface area contributed by atoms with E-state index in [-0.39, 0.29) is 5.97 Å². The summed E-state index contributed by atoms with van der Waals surface area (Å²) in [6.07, 6.45) is 5.77. The molecule has 3 nitrogen and oxygen atoms in total. The van der Waals surface area contributed by atoms with Gasteiger partial charge in [-0.2, -0.15) is 0 Å². The van der Waals surface area contributed by atoms with Gasteiger partial charge in [0.05, 0.1) is 6.61 Å².